The number of aliphatic hydroxyl groups is 2. The lowest BCUT2D eigenvalue weighted by atomic mass is 9.66. The van der Waals surface area contributed by atoms with Crippen LogP contribution in [0.2, 0.25) is 0 Å². The molecule has 0 amide bonds. The molecule has 0 aliphatic heterocycles. The maximum atomic E-state index is 13.1. The monoisotopic (exact) mass is 434 g/mol. The molecule has 0 radical (unpaired) electrons. The van der Waals surface area contributed by atoms with E-state index in [1.165, 1.54) is 27.7 Å². The van der Waals surface area contributed by atoms with Crippen LogP contribution < -0.4 is 0 Å². The Hall–Kier alpha value is -2.87. The Labute approximate surface area is 180 Å². The Morgan fingerprint density at radius 2 is 1.55 bits per heavy atom. The van der Waals surface area contributed by atoms with Gasteiger partial charge >= 0.3 is 0 Å². The topological polar surface area (TPSA) is 152 Å². The number of hydrogen-bond acceptors (Lipinski definition) is 8. The number of carbonyl (C=O) groups excluding carboxylic acids is 3. The fourth-order valence-corrected chi connectivity index (χ4v) is 3.99. The number of aliphatic hydroxyl groups excluding tert-OH is 2. The van der Waals surface area contributed by atoms with Gasteiger partial charge in [0, 0.05) is 29.4 Å². The minimum atomic E-state index is -1.43. The van der Waals surface area contributed by atoms with E-state index in [1.807, 2.05) is 0 Å². The smallest absolute Gasteiger partial charge is 0.175 e. The highest BCUT2D eigenvalue weighted by molar-refractivity contribution is 6.22. The molecule has 0 aromatic heterocycles. The van der Waals surface area contributed by atoms with Gasteiger partial charge in [0.25, 0.3) is 0 Å². The number of benzene rings is 1. The maximum Gasteiger partial charge on any atom is 0.175 e. The van der Waals surface area contributed by atoms with Gasteiger partial charge in [0.2, 0.25) is 0 Å². The summed E-state index contributed by atoms with van der Waals surface area (Å²) in [6.07, 6.45) is -1.35. The van der Waals surface area contributed by atoms with Crippen LogP contribution in [0.15, 0.2) is 11.3 Å². The Morgan fingerprint density at radius 1 is 0.968 bits per heavy atom. The van der Waals surface area contributed by atoms with E-state index in [1.54, 1.807) is 6.92 Å². The summed E-state index contributed by atoms with van der Waals surface area (Å²) in [5.74, 6) is -5.41. The van der Waals surface area contributed by atoms with Crippen molar-refractivity contribution in [1.82, 2.24) is 0 Å². The van der Waals surface area contributed by atoms with Gasteiger partial charge < -0.3 is 25.5 Å². The molecule has 0 spiro atoms. The first-order valence-corrected chi connectivity index (χ1v) is 10.3. The van der Waals surface area contributed by atoms with Gasteiger partial charge in [-0.1, -0.05) is 27.7 Å². The van der Waals surface area contributed by atoms with Crippen LogP contribution in [0.3, 0.4) is 0 Å². The Kier molecular flexibility index (Phi) is 6.85. The van der Waals surface area contributed by atoms with Crippen molar-refractivity contribution in [2.24, 2.45) is 11.3 Å². The van der Waals surface area contributed by atoms with Gasteiger partial charge in [-0.2, -0.15) is 0 Å². The van der Waals surface area contributed by atoms with E-state index in [2.05, 4.69) is 0 Å². The highest BCUT2D eigenvalue weighted by atomic mass is 16.3. The average Bonchev–Trinajstić information content (AvgIpc) is 2.71. The van der Waals surface area contributed by atoms with Crippen molar-refractivity contribution in [2.45, 2.75) is 66.4 Å². The molecule has 1 aromatic rings. The van der Waals surface area contributed by atoms with Gasteiger partial charge in [0.15, 0.2) is 17.3 Å². The average molecular weight is 434 g/mol. The summed E-state index contributed by atoms with van der Waals surface area (Å²) in [5, 5.41) is 52.9. The number of allylic oxidation sites excluding steroid dienone is 1. The zero-order chi connectivity index (χ0) is 23.8. The number of aromatic hydroxyl groups is 3. The molecule has 0 bridgehead atoms. The molecule has 2 rings (SSSR count). The van der Waals surface area contributed by atoms with Crippen LogP contribution in [0.1, 0.15) is 68.4 Å². The summed E-state index contributed by atoms with van der Waals surface area (Å²) in [5.41, 5.74) is -2.33. The second-order valence-corrected chi connectivity index (χ2v) is 8.54. The van der Waals surface area contributed by atoms with Crippen LogP contribution >= 0.6 is 0 Å². The second kappa shape index (κ2) is 8.70. The fourth-order valence-electron chi connectivity index (χ4n) is 3.99. The van der Waals surface area contributed by atoms with Crippen molar-refractivity contribution in [3.63, 3.8) is 0 Å². The molecule has 1 aliphatic rings. The van der Waals surface area contributed by atoms with E-state index in [9.17, 15) is 39.9 Å². The highest BCUT2D eigenvalue weighted by Crippen LogP contribution is 2.47. The van der Waals surface area contributed by atoms with E-state index in [-0.39, 0.29) is 29.5 Å². The van der Waals surface area contributed by atoms with Crippen molar-refractivity contribution in [3.8, 4) is 17.2 Å². The maximum absolute atomic E-state index is 13.1. The Balaban J connectivity index is 2.66. The van der Waals surface area contributed by atoms with Crippen LogP contribution in [0.5, 0.6) is 17.2 Å². The largest absolute Gasteiger partial charge is 0.511 e. The molecular weight excluding hydrogens is 404 g/mol. The third kappa shape index (κ3) is 3.92. The first-order chi connectivity index (χ1) is 14.3. The van der Waals surface area contributed by atoms with E-state index < -0.39 is 69.8 Å². The number of carbonyl (C=O) groups is 3. The van der Waals surface area contributed by atoms with E-state index >= 15 is 0 Å². The first kappa shape index (κ1) is 24.4. The van der Waals surface area contributed by atoms with Gasteiger partial charge in [-0.15, -0.1) is 0 Å². The fraction of sp³-hybridized carbons (Fsp3) is 0.522. The SMILES string of the molecule is CCCC(=O)c1c(O)c(C)c(O)c(C[C@H]2C(=O)C(C(=O)CC)=C(O)C(C)(C)[C@@H]2O)c1O. The molecule has 170 valence electrons. The number of rotatable bonds is 7. The third-order valence-corrected chi connectivity index (χ3v) is 6.09. The minimum absolute atomic E-state index is 0.0332. The summed E-state index contributed by atoms with van der Waals surface area (Å²) in [4.78, 5) is 37.8. The van der Waals surface area contributed by atoms with Crippen molar-refractivity contribution in [2.75, 3.05) is 0 Å². The zero-order valence-corrected chi connectivity index (χ0v) is 18.4. The van der Waals surface area contributed by atoms with Crippen LogP contribution in [-0.2, 0) is 16.0 Å². The van der Waals surface area contributed by atoms with E-state index in [0.717, 1.165) is 0 Å². The molecule has 0 heterocycles. The molecule has 0 saturated heterocycles. The summed E-state index contributed by atoms with van der Waals surface area (Å²) >= 11 is 0. The lowest BCUT2D eigenvalue weighted by Gasteiger charge is -2.40. The molecule has 31 heavy (non-hydrogen) atoms. The van der Waals surface area contributed by atoms with Crippen molar-refractivity contribution in [1.29, 1.82) is 0 Å². The predicted octanol–water partition coefficient (Wildman–Crippen LogP) is 3.01. The Bertz CT molecular complexity index is 971. The molecule has 8 heteroatoms. The highest BCUT2D eigenvalue weighted by Gasteiger charge is 2.50. The van der Waals surface area contributed by atoms with Gasteiger partial charge in [0.1, 0.15) is 28.6 Å². The lowest BCUT2D eigenvalue weighted by Crippen LogP contribution is -2.48. The van der Waals surface area contributed by atoms with Gasteiger partial charge in [0.05, 0.1) is 17.6 Å². The molecule has 2 atom stereocenters. The van der Waals surface area contributed by atoms with Gasteiger partial charge in [-0.05, 0) is 19.8 Å². The number of phenols is 3. The predicted molar refractivity (Wildman–Crippen MR) is 112 cm³/mol. The number of ketones is 3. The number of phenolic OH excluding ortho intramolecular Hbond substituents is 3. The van der Waals surface area contributed by atoms with Crippen LogP contribution in [-0.4, -0.2) is 49.0 Å². The number of hydrogen-bond donors (Lipinski definition) is 5. The van der Waals surface area contributed by atoms with Crippen molar-refractivity contribution < 1.29 is 39.9 Å². The quantitative estimate of drug-likeness (QED) is 0.324. The molecule has 8 nitrogen and oxygen atoms in total. The van der Waals surface area contributed by atoms with Crippen LogP contribution in [0, 0.1) is 18.3 Å². The van der Waals surface area contributed by atoms with E-state index in [4.69, 9.17) is 0 Å². The van der Waals surface area contributed by atoms with Gasteiger partial charge in [-0.25, -0.2) is 0 Å². The molecule has 0 unspecified atom stereocenters. The first-order valence-electron chi connectivity index (χ1n) is 10.3. The third-order valence-electron chi connectivity index (χ3n) is 6.09. The Morgan fingerprint density at radius 3 is 2.06 bits per heavy atom. The van der Waals surface area contributed by atoms with Crippen molar-refractivity contribution >= 4 is 17.3 Å². The summed E-state index contributed by atoms with van der Waals surface area (Å²) < 4.78 is 0. The molecule has 0 saturated carbocycles. The normalized spacial score (nSPS) is 20.8. The molecule has 1 aliphatic carbocycles. The minimum Gasteiger partial charge on any atom is -0.511 e. The standard InChI is InChI=1S/C23H30O8/c1-6-8-14(25)15-18(27)10(3)17(26)11(19(15)28)9-12-20(29)16(13(24)7-2)22(31)23(4,5)21(12)30/h12,21,26-28,30-31H,6-9H2,1-5H3/t12-,21+/m0/s1. The summed E-state index contributed by atoms with van der Waals surface area (Å²) in [6, 6.07) is 0. The van der Waals surface area contributed by atoms with Crippen LogP contribution in [0.4, 0.5) is 0 Å². The molecular formula is C23H30O8. The molecule has 5 N–H and O–H groups in total. The molecule has 1 aromatic carbocycles. The van der Waals surface area contributed by atoms with Gasteiger partial charge in [-0.3, -0.25) is 14.4 Å². The zero-order valence-electron chi connectivity index (χ0n) is 18.4. The second-order valence-electron chi connectivity index (χ2n) is 8.54. The number of Topliss-reactive ketones (excluding diaryl/α,β-unsaturated/α-hetero) is 3. The van der Waals surface area contributed by atoms with Crippen molar-refractivity contribution in [3.05, 3.63) is 28.0 Å². The lowest BCUT2D eigenvalue weighted by molar-refractivity contribution is -0.132. The summed E-state index contributed by atoms with van der Waals surface area (Å²) in [6.45, 7) is 7.61. The van der Waals surface area contributed by atoms with Crippen LogP contribution in [0.25, 0.3) is 0 Å². The van der Waals surface area contributed by atoms with E-state index in [0.29, 0.717) is 6.42 Å². The summed E-state index contributed by atoms with van der Waals surface area (Å²) in [7, 11) is 0. The molecule has 0 fully saturated rings.